The van der Waals surface area contributed by atoms with Gasteiger partial charge in [0.25, 0.3) is 0 Å². The molecule has 2 bridgehead atoms. The predicted molar refractivity (Wildman–Crippen MR) is 170 cm³/mol. The third kappa shape index (κ3) is 4.03. The van der Waals surface area contributed by atoms with Crippen LogP contribution >= 0.6 is 11.3 Å². The van der Waals surface area contributed by atoms with E-state index in [1.807, 2.05) is 12.1 Å². The number of benzene rings is 1. The number of fused-ring (bicyclic) bond motifs is 7. The molecule has 3 N–H and O–H groups in total. The molecule has 9 nitrogen and oxygen atoms in total. The van der Waals surface area contributed by atoms with Gasteiger partial charge in [0.05, 0.1) is 22.2 Å². The van der Waals surface area contributed by atoms with Crippen molar-refractivity contribution in [2.75, 3.05) is 36.9 Å². The molecule has 0 amide bonds. The van der Waals surface area contributed by atoms with E-state index in [1.165, 1.54) is 11.3 Å². The molecule has 0 aliphatic carbocycles. The fraction of sp³-hybridized carbons (Fsp3) is 0.515. The van der Waals surface area contributed by atoms with Gasteiger partial charge in [0.2, 0.25) is 0 Å². The normalized spacial score (nSPS) is 30.4. The molecule has 232 valence electrons. The molecular weight excluding hydrogens is 594 g/mol. The maximum absolute atomic E-state index is 17.0. The van der Waals surface area contributed by atoms with Crippen molar-refractivity contribution >= 4 is 43.1 Å². The highest BCUT2D eigenvalue weighted by atomic mass is 32.1. The number of pyridine rings is 1. The van der Waals surface area contributed by atoms with Crippen LogP contribution in [-0.2, 0) is 6.42 Å². The number of anilines is 2. The van der Waals surface area contributed by atoms with Crippen LogP contribution in [0.25, 0.3) is 32.2 Å². The Morgan fingerprint density at radius 2 is 2.11 bits per heavy atom. The number of hydrogen-bond donors (Lipinski definition) is 2. The lowest BCUT2D eigenvalue weighted by Gasteiger charge is -2.43. The number of thiophene rings is 1. The summed E-state index contributed by atoms with van der Waals surface area (Å²) in [4.78, 5) is 19.3. The Morgan fingerprint density at radius 3 is 2.98 bits per heavy atom. The van der Waals surface area contributed by atoms with Gasteiger partial charge in [-0.15, -0.1) is 11.3 Å². The molecule has 4 aromatic rings. The van der Waals surface area contributed by atoms with Gasteiger partial charge < -0.3 is 20.7 Å². The third-order valence-electron chi connectivity index (χ3n) is 11.0. The smallest absolute Gasteiger partial charge is 0.319 e. The molecule has 5 aliphatic heterocycles. The van der Waals surface area contributed by atoms with Crippen LogP contribution in [0.1, 0.15) is 50.3 Å². The van der Waals surface area contributed by atoms with Gasteiger partial charge in [-0.05, 0) is 50.6 Å². The molecule has 5 aliphatic rings. The summed E-state index contributed by atoms with van der Waals surface area (Å²) in [6, 6.07) is 8.66. The van der Waals surface area contributed by atoms with Crippen LogP contribution in [0.15, 0.2) is 18.2 Å². The number of nitriles is 1. The summed E-state index contributed by atoms with van der Waals surface area (Å²) in [5, 5.41) is 15.4. The quantitative estimate of drug-likeness (QED) is 0.324. The number of piperazine rings is 1. The zero-order chi connectivity index (χ0) is 30.6. The summed E-state index contributed by atoms with van der Waals surface area (Å²) in [6.07, 6.45) is 4.21. The molecule has 4 saturated heterocycles. The summed E-state index contributed by atoms with van der Waals surface area (Å²) in [6.45, 7) is 4.54. The number of alkyl halides is 1. The van der Waals surface area contributed by atoms with Crippen LogP contribution < -0.4 is 20.7 Å². The van der Waals surface area contributed by atoms with Crippen molar-refractivity contribution in [3.8, 4) is 23.3 Å². The maximum Gasteiger partial charge on any atom is 0.319 e. The summed E-state index contributed by atoms with van der Waals surface area (Å²) in [5.74, 6) is 0.308. The molecule has 9 rings (SSSR count). The van der Waals surface area contributed by atoms with E-state index in [-0.39, 0.29) is 41.3 Å². The molecule has 1 aromatic carbocycles. The Hall–Kier alpha value is -3.66. The number of nitrogens with zero attached hydrogens (tertiary/aromatic N) is 6. The van der Waals surface area contributed by atoms with Crippen molar-refractivity contribution in [1.29, 1.82) is 5.26 Å². The topological polar surface area (TPSA) is 116 Å². The second-order valence-electron chi connectivity index (χ2n) is 13.6. The number of halogens is 2. The summed E-state index contributed by atoms with van der Waals surface area (Å²) < 4.78 is 38.8. The summed E-state index contributed by atoms with van der Waals surface area (Å²) in [5.41, 5.74) is 7.75. The molecule has 0 unspecified atom stereocenters. The van der Waals surface area contributed by atoms with Crippen LogP contribution in [-0.4, -0.2) is 75.9 Å². The van der Waals surface area contributed by atoms with Gasteiger partial charge in [0, 0.05) is 53.3 Å². The van der Waals surface area contributed by atoms with E-state index in [9.17, 15) is 9.65 Å². The van der Waals surface area contributed by atoms with Gasteiger partial charge >= 0.3 is 6.01 Å². The van der Waals surface area contributed by atoms with Gasteiger partial charge in [0.15, 0.2) is 5.82 Å². The molecule has 3 aromatic heterocycles. The minimum Gasteiger partial charge on any atom is -0.461 e. The molecule has 4 fully saturated rings. The Balaban J connectivity index is 1.24. The van der Waals surface area contributed by atoms with Gasteiger partial charge in [-0.2, -0.15) is 15.2 Å². The number of rotatable bonds is 4. The highest BCUT2D eigenvalue weighted by Gasteiger charge is 2.50. The lowest BCUT2D eigenvalue weighted by Crippen LogP contribution is -2.60. The SMILES string of the molecule is C[C@H]1Cc2nc(-c3cccc4sc(N)c(C#N)c34)c(F)c3nc(OC[C@@]45CCCN4C[C@H](F)C5)nc(c23)N2C[C@H]3CC[C@H](N3)[C@H]12. The van der Waals surface area contributed by atoms with Crippen molar-refractivity contribution < 1.29 is 13.5 Å². The lowest BCUT2D eigenvalue weighted by atomic mass is 9.89. The summed E-state index contributed by atoms with van der Waals surface area (Å²) >= 11 is 1.31. The Kier molecular flexibility index (Phi) is 6.09. The van der Waals surface area contributed by atoms with E-state index >= 15 is 4.39 Å². The van der Waals surface area contributed by atoms with E-state index < -0.39 is 12.0 Å². The van der Waals surface area contributed by atoms with E-state index in [0.29, 0.717) is 64.2 Å². The van der Waals surface area contributed by atoms with Gasteiger partial charge in [-0.1, -0.05) is 19.1 Å². The number of nitrogens with two attached hydrogens (primary N) is 1. The molecule has 6 atom stereocenters. The number of aromatic nitrogens is 3. The van der Waals surface area contributed by atoms with Crippen LogP contribution in [0.4, 0.5) is 19.6 Å². The highest BCUT2D eigenvalue weighted by Crippen LogP contribution is 2.46. The van der Waals surface area contributed by atoms with Crippen LogP contribution in [0.2, 0.25) is 0 Å². The lowest BCUT2D eigenvalue weighted by molar-refractivity contribution is 0.107. The molecule has 8 heterocycles. The van der Waals surface area contributed by atoms with E-state index in [2.05, 4.69) is 28.1 Å². The average Bonchev–Trinajstić information content (AvgIpc) is 3.75. The van der Waals surface area contributed by atoms with Crippen LogP contribution in [0, 0.1) is 23.1 Å². The van der Waals surface area contributed by atoms with E-state index in [1.54, 1.807) is 6.07 Å². The largest absolute Gasteiger partial charge is 0.461 e. The molecular formula is C33H34F2N8OS. The number of nitrogen functional groups attached to an aromatic ring is 1. The number of ether oxygens (including phenoxy) is 1. The van der Waals surface area contributed by atoms with Crippen LogP contribution in [0.5, 0.6) is 6.01 Å². The molecule has 45 heavy (non-hydrogen) atoms. The average molecular weight is 629 g/mol. The van der Waals surface area contributed by atoms with Gasteiger partial charge in [0.1, 0.15) is 40.9 Å². The third-order valence-corrected chi connectivity index (χ3v) is 12.0. The first kappa shape index (κ1) is 27.6. The molecule has 0 spiro atoms. The first-order chi connectivity index (χ1) is 21.8. The first-order valence-corrected chi connectivity index (χ1v) is 16.8. The van der Waals surface area contributed by atoms with E-state index in [0.717, 1.165) is 49.2 Å². The molecule has 0 radical (unpaired) electrons. The fourth-order valence-electron chi connectivity index (χ4n) is 9.12. The number of hydrogen-bond acceptors (Lipinski definition) is 10. The molecule has 0 saturated carbocycles. The standard InChI is InChI=1S/C33H34F2N8OS/c1-16-10-22-25-28(26(35)27(39-22)19-4-2-5-23-24(19)20(12-36)30(37)45-23)40-32(44-15-33-8-3-9-42(33)13-17(34)11-33)41-31(25)43-14-18-6-7-21(38-18)29(16)43/h2,4-5,16-18,21,29,38H,3,6-11,13-15,37H2,1H3/t16-,17+,18+,21-,29-,33-/m0/s1. The minimum atomic E-state index is -0.879. The Labute approximate surface area is 263 Å². The second-order valence-corrected chi connectivity index (χ2v) is 14.7. The van der Waals surface area contributed by atoms with Gasteiger partial charge in [-0.25, -0.2) is 13.8 Å². The fourth-order valence-corrected chi connectivity index (χ4v) is 10.1. The van der Waals surface area contributed by atoms with Crippen molar-refractivity contribution in [2.45, 2.75) is 75.3 Å². The maximum atomic E-state index is 17.0. The van der Waals surface area contributed by atoms with Crippen LogP contribution in [0.3, 0.4) is 0 Å². The molecule has 12 heteroatoms. The van der Waals surface area contributed by atoms with Gasteiger partial charge in [-0.3, -0.25) is 4.90 Å². The second kappa shape index (κ2) is 9.92. The zero-order valence-electron chi connectivity index (χ0n) is 25.0. The highest BCUT2D eigenvalue weighted by molar-refractivity contribution is 7.23. The minimum absolute atomic E-state index is 0.109. The first-order valence-electron chi connectivity index (χ1n) is 16.0. The zero-order valence-corrected chi connectivity index (χ0v) is 25.8. The van der Waals surface area contributed by atoms with Crippen molar-refractivity contribution in [1.82, 2.24) is 25.2 Å². The number of nitrogens with one attached hydrogen (secondary N) is 1. The Morgan fingerprint density at radius 1 is 1.22 bits per heavy atom. The van der Waals surface area contributed by atoms with E-state index in [4.69, 9.17) is 25.4 Å². The monoisotopic (exact) mass is 628 g/mol. The summed E-state index contributed by atoms with van der Waals surface area (Å²) in [7, 11) is 0. The predicted octanol–water partition coefficient (Wildman–Crippen LogP) is 4.96. The van der Waals surface area contributed by atoms with Crippen molar-refractivity contribution in [3.05, 3.63) is 35.3 Å². The van der Waals surface area contributed by atoms with Crippen molar-refractivity contribution in [3.63, 3.8) is 0 Å². The Bertz CT molecular complexity index is 1930. The van der Waals surface area contributed by atoms with Crippen molar-refractivity contribution in [2.24, 2.45) is 5.92 Å².